The minimum absolute atomic E-state index is 0.268. The van der Waals surface area contributed by atoms with Gasteiger partial charge in [0.15, 0.2) is 0 Å². The summed E-state index contributed by atoms with van der Waals surface area (Å²) in [6.07, 6.45) is 13.5. The fraction of sp³-hybridized carbons (Fsp3) is 0.640. The zero-order valence-corrected chi connectivity index (χ0v) is 18.4. The Labute approximate surface area is 184 Å². The zero-order chi connectivity index (χ0) is 20.8. The van der Waals surface area contributed by atoms with Crippen LogP contribution in [0.5, 0.6) is 0 Å². The van der Waals surface area contributed by atoms with Crippen molar-refractivity contribution in [3.8, 4) is 0 Å². The molecule has 164 valence electrons. The van der Waals surface area contributed by atoms with Gasteiger partial charge in [-0.05, 0) is 49.6 Å². The highest BCUT2D eigenvalue weighted by Crippen LogP contribution is 2.45. The highest BCUT2D eigenvalue weighted by molar-refractivity contribution is 5.23. The van der Waals surface area contributed by atoms with Gasteiger partial charge in [0.1, 0.15) is 6.33 Å². The Hall–Kier alpha value is -2.05. The van der Waals surface area contributed by atoms with Crippen LogP contribution in [0.25, 0.3) is 0 Å². The van der Waals surface area contributed by atoms with E-state index in [2.05, 4.69) is 36.5 Å². The predicted octanol–water partition coefficient (Wildman–Crippen LogP) is 3.02. The Balaban J connectivity index is 1.18. The SMILES string of the molecule is O=c1c(CN2CCC3(CCCC3)C2)ccc2n1C[C@H]1C[C@@H]2CN(Cc2cncnc2)C1. The van der Waals surface area contributed by atoms with E-state index in [1.165, 1.54) is 56.3 Å². The predicted molar refractivity (Wildman–Crippen MR) is 120 cm³/mol. The van der Waals surface area contributed by atoms with Crippen molar-refractivity contribution < 1.29 is 0 Å². The summed E-state index contributed by atoms with van der Waals surface area (Å²) in [5.41, 5.74) is 4.24. The number of likely N-dealkylation sites (tertiary alicyclic amines) is 2. The molecule has 2 aromatic rings. The Kier molecular flexibility index (Phi) is 4.95. The monoisotopic (exact) mass is 419 g/mol. The molecule has 2 saturated heterocycles. The topological polar surface area (TPSA) is 54.3 Å². The van der Waals surface area contributed by atoms with Crippen molar-refractivity contribution in [2.75, 3.05) is 26.2 Å². The molecule has 2 atom stereocenters. The van der Waals surface area contributed by atoms with E-state index in [1.54, 1.807) is 6.33 Å². The largest absolute Gasteiger partial charge is 0.312 e. The first-order valence-corrected chi connectivity index (χ1v) is 12.1. The molecule has 0 N–H and O–H groups in total. The van der Waals surface area contributed by atoms with Crippen LogP contribution in [0.3, 0.4) is 0 Å². The summed E-state index contributed by atoms with van der Waals surface area (Å²) in [5.74, 6) is 1.00. The summed E-state index contributed by atoms with van der Waals surface area (Å²) in [7, 11) is 0. The number of aromatic nitrogens is 3. The first-order valence-electron chi connectivity index (χ1n) is 12.1. The molecule has 31 heavy (non-hydrogen) atoms. The summed E-state index contributed by atoms with van der Waals surface area (Å²) in [5, 5.41) is 0. The van der Waals surface area contributed by atoms with E-state index in [0.29, 0.717) is 17.3 Å². The third kappa shape index (κ3) is 3.74. The molecule has 2 aromatic heterocycles. The maximum Gasteiger partial charge on any atom is 0.255 e. The van der Waals surface area contributed by atoms with E-state index in [-0.39, 0.29) is 5.56 Å². The van der Waals surface area contributed by atoms with Crippen molar-refractivity contribution in [1.82, 2.24) is 24.3 Å². The molecule has 6 rings (SSSR count). The number of piperidine rings is 1. The summed E-state index contributed by atoms with van der Waals surface area (Å²) in [6.45, 7) is 7.00. The van der Waals surface area contributed by atoms with Crippen LogP contribution in [0.15, 0.2) is 35.6 Å². The molecule has 0 unspecified atom stereocenters. The molecule has 2 bridgehead atoms. The normalized spacial score (nSPS) is 27.6. The molecule has 0 radical (unpaired) electrons. The molecular weight excluding hydrogens is 386 g/mol. The van der Waals surface area contributed by atoms with Crippen molar-refractivity contribution in [1.29, 1.82) is 0 Å². The van der Waals surface area contributed by atoms with Gasteiger partial charge in [0.05, 0.1) is 0 Å². The molecule has 6 heteroatoms. The molecule has 1 saturated carbocycles. The Bertz CT molecular complexity index is 997. The molecule has 5 heterocycles. The van der Waals surface area contributed by atoms with Crippen LogP contribution in [-0.4, -0.2) is 50.5 Å². The fourth-order valence-corrected chi connectivity index (χ4v) is 6.95. The average molecular weight is 420 g/mol. The van der Waals surface area contributed by atoms with Crippen molar-refractivity contribution in [3.63, 3.8) is 0 Å². The summed E-state index contributed by atoms with van der Waals surface area (Å²) in [4.78, 5) is 26.8. The minimum Gasteiger partial charge on any atom is -0.312 e. The number of hydrogen-bond acceptors (Lipinski definition) is 5. The van der Waals surface area contributed by atoms with Crippen LogP contribution in [-0.2, 0) is 19.6 Å². The van der Waals surface area contributed by atoms with Gasteiger partial charge < -0.3 is 4.57 Å². The van der Waals surface area contributed by atoms with E-state index in [4.69, 9.17) is 0 Å². The second-order valence-corrected chi connectivity index (χ2v) is 10.6. The third-order valence-electron chi connectivity index (χ3n) is 8.35. The summed E-state index contributed by atoms with van der Waals surface area (Å²) in [6, 6.07) is 4.40. The lowest BCUT2D eigenvalue weighted by atomic mass is 9.83. The molecule has 4 aliphatic rings. The van der Waals surface area contributed by atoms with Crippen LogP contribution >= 0.6 is 0 Å². The second-order valence-electron chi connectivity index (χ2n) is 10.6. The number of nitrogens with zero attached hydrogens (tertiary/aromatic N) is 5. The number of rotatable bonds is 4. The lowest BCUT2D eigenvalue weighted by Crippen LogP contribution is -2.47. The van der Waals surface area contributed by atoms with Crippen LogP contribution in [0.1, 0.15) is 61.3 Å². The molecule has 0 amide bonds. The fourth-order valence-electron chi connectivity index (χ4n) is 6.95. The van der Waals surface area contributed by atoms with Crippen molar-refractivity contribution in [2.24, 2.45) is 11.3 Å². The van der Waals surface area contributed by atoms with Gasteiger partial charge in [0.25, 0.3) is 5.56 Å². The Morgan fingerprint density at radius 3 is 2.65 bits per heavy atom. The first kappa shape index (κ1) is 19.6. The maximum atomic E-state index is 13.4. The van der Waals surface area contributed by atoms with E-state index >= 15 is 0 Å². The van der Waals surface area contributed by atoms with Crippen molar-refractivity contribution >= 4 is 0 Å². The smallest absolute Gasteiger partial charge is 0.255 e. The molecule has 1 spiro atoms. The zero-order valence-electron chi connectivity index (χ0n) is 18.4. The van der Waals surface area contributed by atoms with Crippen molar-refractivity contribution in [2.45, 2.75) is 64.1 Å². The minimum atomic E-state index is 0.268. The third-order valence-corrected chi connectivity index (χ3v) is 8.35. The van der Waals surface area contributed by atoms with Crippen molar-refractivity contribution in [3.05, 3.63) is 58.0 Å². The molecular formula is C25H33N5O. The van der Waals surface area contributed by atoms with Gasteiger partial charge in [-0.25, -0.2) is 9.97 Å². The van der Waals surface area contributed by atoms with Gasteiger partial charge in [-0.3, -0.25) is 14.6 Å². The quantitative estimate of drug-likeness (QED) is 0.763. The molecule has 1 aliphatic carbocycles. The summed E-state index contributed by atoms with van der Waals surface area (Å²) < 4.78 is 2.12. The lowest BCUT2D eigenvalue weighted by molar-refractivity contribution is 0.114. The molecule has 3 aliphatic heterocycles. The van der Waals surface area contributed by atoms with Gasteiger partial charge in [0, 0.05) is 74.4 Å². The number of pyridine rings is 1. The van der Waals surface area contributed by atoms with E-state index < -0.39 is 0 Å². The van der Waals surface area contributed by atoms with Crippen LogP contribution in [0.4, 0.5) is 0 Å². The maximum absolute atomic E-state index is 13.4. The number of hydrogen-bond donors (Lipinski definition) is 0. The first-order chi connectivity index (χ1) is 15.2. The molecule has 6 nitrogen and oxygen atoms in total. The van der Waals surface area contributed by atoms with Gasteiger partial charge in [-0.15, -0.1) is 0 Å². The van der Waals surface area contributed by atoms with Crippen LogP contribution in [0.2, 0.25) is 0 Å². The standard InChI is InChI=1S/C25H33N5O/c31-24-21(15-28-8-7-25(17-28)5-1-2-6-25)3-4-23-22-9-19(14-30(23)24)12-29(16-22)13-20-10-26-18-27-11-20/h3-4,10-11,18-19,22H,1-2,5-9,12-17H2/t19-,22+/m0/s1. The second kappa shape index (κ2) is 7.82. The summed E-state index contributed by atoms with van der Waals surface area (Å²) >= 11 is 0. The Morgan fingerprint density at radius 1 is 0.968 bits per heavy atom. The lowest BCUT2D eigenvalue weighted by Gasteiger charge is -2.43. The Morgan fingerprint density at radius 2 is 1.81 bits per heavy atom. The van der Waals surface area contributed by atoms with Gasteiger partial charge in [-0.2, -0.15) is 0 Å². The van der Waals surface area contributed by atoms with Gasteiger partial charge in [0.2, 0.25) is 0 Å². The van der Waals surface area contributed by atoms with E-state index in [0.717, 1.165) is 44.8 Å². The van der Waals surface area contributed by atoms with Crippen LogP contribution < -0.4 is 5.56 Å². The molecule has 3 fully saturated rings. The highest BCUT2D eigenvalue weighted by Gasteiger charge is 2.40. The van der Waals surface area contributed by atoms with E-state index in [1.807, 2.05) is 12.4 Å². The average Bonchev–Trinajstić information content (AvgIpc) is 3.40. The van der Waals surface area contributed by atoms with Gasteiger partial charge >= 0.3 is 0 Å². The van der Waals surface area contributed by atoms with Gasteiger partial charge in [-0.1, -0.05) is 18.9 Å². The van der Waals surface area contributed by atoms with E-state index in [9.17, 15) is 4.79 Å². The highest BCUT2D eigenvalue weighted by atomic mass is 16.1. The number of fused-ring (bicyclic) bond motifs is 4. The van der Waals surface area contributed by atoms with Crippen LogP contribution in [0, 0.1) is 11.3 Å². The molecule has 0 aromatic carbocycles.